The van der Waals surface area contributed by atoms with Crippen molar-refractivity contribution in [3.05, 3.63) is 0 Å². The van der Waals surface area contributed by atoms with Crippen LogP contribution in [0.15, 0.2) is 0 Å². The number of rotatable bonds is 0. The Morgan fingerprint density at radius 2 is 0.324 bits per heavy atom. The molecule has 19 heteroatoms. The fourth-order valence-electron chi connectivity index (χ4n) is 0. The second kappa shape index (κ2) is 32.9. The minimum Gasteiger partial charge on any atom is -0.852 e. The van der Waals surface area contributed by atoms with Crippen LogP contribution in [0, 0.1) is 0 Å². The minimum atomic E-state index is -0.324. The molecule has 0 radical (unpaired) electrons. The molecule has 0 bridgehead atoms. The zero-order valence-corrected chi connectivity index (χ0v) is 29.9. The Morgan fingerprint density at radius 1 is 0.297 bits per heavy atom. The van der Waals surface area contributed by atoms with Crippen molar-refractivity contribution < 1.29 is 51.7 Å². The second-order valence-electron chi connectivity index (χ2n) is 6.96. The maximum atomic E-state index is 9.88. The topological polar surface area (TPSA) is 158 Å². The first-order valence-corrected chi connectivity index (χ1v) is 11.6. The normalized spacial score (nSPS) is 7.46. The van der Waals surface area contributed by atoms with Crippen LogP contribution in [0.2, 0.25) is 0 Å². The molecule has 0 aliphatic rings. The standard InChI is InChI=1S/6C3H7NOS.Mo/c6*1-4(2)3(5)6;/h6*1-2H3,(H,5,6);/q;;;;;;+6/p-6. The summed E-state index contributed by atoms with van der Waals surface area (Å²) in [4.78, 5) is 8.06. The quantitative estimate of drug-likeness (QED) is 0.173. The molecule has 0 unspecified atom stereocenters. The van der Waals surface area contributed by atoms with Crippen molar-refractivity contribution in [1.82, 2.24) is 29.4 Å². The van der Waals surface area contributed by atoms with E-state index >= 15 is 0 Å². The first-order valence-electron chi connectivity index (χ1n) is 9.16. The third-order valence-corrected chi connectivity index (χ3v) is 4.38. The van der Waals surface area contributed by atoms with Gasteiger partial charge in [-0.15, -0.1) is 0 Å². The summed E-state index contributed by atoms with van der Waals surface area (Å²) in [6.45, 7) is 0. The molecule has 0 atom stereocenters. The Bertz CT molecular complexity index is 517. The van der Waals surface area contributed by atoms with Crippen LogP contribution in [0.1, 0.15) is 0 Å². The number of nitrogens with zero attached hydrogens (tertiary/aromatic N) is 6. The molecule has 0 aliphatic heterocycles. The van der Waals surface area contributed by atoms with Crippen LogP contribution in [0.25, 0.3) is 0 Å². The summed E-state index contributed by atoms with van der Waals surface area (Å²) in [6, 6.07) is 0. The van der Waals surface area contributed by atoms with E-state index in [1.54, 1.807) is 84.6 Å². The average molecular weight is 721 g/mol. The van der Waals surface area contributed by atoms with Crippen LogP contribution >= 0.6 is 73.3 Å². The molecule has 0 heterocycles. The molecule has 0 N–H and O–H groups in total. The fourth-order valence-corrected chi connectivity index (χ4v) is 0. The monoisotopic (exact) mass is 722 g/mol. The van der Waals surface area contributed by atoms with E-state index in [9.17, 15) is 30.6 Å². The van der Waals surface area contributed by atoms with E-state index in [-0.39, 0.29) is 52.1 Å². The van der Waals surface area contributed by atoms with Crippen LogP contribution in [-0.2, 0) is 21.1 Å². The molecule has 0 amide bonds. The van der Waals surface area contributed by atoms with Gasteiger partial charge >= 0.3 is 21.1 Å². The van der Waals surface area contributed by atoms with Gasteiger partial charge in [0.05, 0.1) is 0 Å². The van der Waals surface area contributed by atoms with Crippen LogP contribution in [0.3, 0.4) is 0 Å². The first kappa shape index (κ1) is 52.3. The second-order valence-corrected chi connectivity index (χ2v) is 9.06. The van der Waals surface area contributed by atoms with E-state index in [1.807, 2.05) is 0 Å². The van der Waals surface area contributed by atoms with Gasteiger partial charge in [0, 0.05) is 116 Å². The van der Waals surface area contributed by atoms with Crippen molar-refractivity contribution in [2.24, 2.45) is 0 Å². The van der Waals surface area contributed by atoms with Crippen molar-refractivity contribution in [2.75, 3.05) is 84.6 Å². The van der Waals surface area contributed by atoms with Crippen LogP contribution in [0.5, 0.6) is 0 Å². The smallest absolute Gasteiger partial charge is 0.852 e. The summed E-state index contributed by atoms with van der Waals surface area (Å²) < 4.78 is 0. The molecule has 0 aliphatic carbocycles. The van der Waals surface area contributed by atoms with Gasteiger partial charge in [0.25, 0.3) is 0 Å². The summed E-state index contributed by atoms with van der Waals surface area (Å²) in [6.07, 6.45) is 0. The van der Waals surface area contributed by atoms with E-state index in [0.717, 1.165) is 0 Å². The van der Waals surface area contributed by atoms with Crippen molar-refractivity contribution >= 4 is 104 Å². The molecule has 0 saturated heterocycles. The maximum absolute atomic E-state index is 9.88. The zero-order valence-electron chi connectivity index (χ0n) is 23.0. The third-order valence-electron chi connectivity index (χ3n) is 2.19. The fraction of sp³-hybridized carbons (Fsp3) is 0.667. The van der Waals surface area contributed by atoms with Crippen molar-refractivity contribution in [3.8, 4) is 0 Å². The molecule has 0 spiro atoms. The molecule has 0 rings (SSSR count). The van der Waals surface area contributed by atoms with Crippen LogP contribution < -0.4 is 30.6 Å². The molecule has 216 valence electrons. The molecule has 0 aromatic carbocycles. The van der Waals surface area contributed by atoms with Crippen LogP contribution in [-0.4, -0.2) is 145 Å². The number of hydrogen-bond donors (Lipinski definition) is 0. The zero-order chi connectivity index (χ0) is 30.9. The summed E-state index contributed by atoms with van der Waals surface area (Å²) in [5.74, 6) is 0. The Morgan fingerprint density at radius 3 is 0.324 bits per heavy atom. The van der Waals surface area contributed by atoms with E-state index in [1.165, 1.54) is 29.4 Å². The van der Waals surface area contributed by atoms with Gasteiger partial charge in [-0.3, -0.25) is 0 Å². The Kier molecular flexibility index (Phi) is 46.4. The molecule has 0 aromatic rings. The molecule has 37 heavy (non-hydrogen) atoms. The predicted molar refractivity (Wildman–Crippen MR) is 158 cm³/mol. The van der Waals surface area contributed by atoms with Gasteiger partial charge in [0.15, 0.2) is 0 Å². The van der Waals surface area contributed by atoms with Gasteiger partial charge in [-0.05, 0) is 0 Å². The minimum absolute atomic E-state index is 0. The van der Waals surface area contributed by atoms with Crippen molar-refractivity contribution in [3.63, 3.8) is 0 Å². The largest absolute Gasteiger partial charge is 6.00 e. The summed E-state index contributed by atoms with van der Waals surface area (Å²) >= 11 is 25.1. The Hall–Kier alpha value is -1.17. The predicted octanol–water partition coefficient (Wildman–Crippen LogP) is -4.84. The van der Waals surface area contributed by atoms with Gasteiger partial charge in [-0.2, -0.15) is 0 Å². The molecular formula is C18H36MoN6O6S6. The Labute approximate surface area is 268 Å². The summed E-state index contributed by atoms with van der Waals surface area (Å²) in [5.41, 5.74) is 0. The van der Waals surface area contributed by atoms with Gasteiger partial charge in [0.2, 0.25) is 0 Å². The van der Waals surface area contributed by atoms with Gasteiger partial charge in [-0.1, -0.05) is 73.3 Å². The van der Waals surface area contributed by atoms with E-state index < -0.39 is 0 Å². The Balaban J connectivity index is -0.0000000581. The molecular weight excluding hydrogens is 685 g/mol. The number of thiocarbonyl (C=S) groups is 6. The van der Waals surface area contributed by atoms with E-state index in [0.29, 0.717) is 0 Å². The van der Waals surface area contributed by atoms with Crippen LogP contribution in [0.4, 0.5) is 0 Å². The van der Waals surface area contributed by atoms with E-state index in [4.69, 9.17) is 0 Å². The SMILES string of the molecule is CN(C)C([O-])=S.CN(C)C([O-])=S.CN(C)C([O-])=S.CN(C)C([O-])=S.CN(C)C([O-])=S.CN(C)C([O-])=S.[Mo+6]. The van der Waals surface area contributed by atoms with E-state index in [2.05, 4.69) is 73.3 Å². The molecule has 0 fully saturated rings. The molecule has 0 saturated carbocycles. The van der Waals surface area contributed by atoms with Gasteiger partial charge in [0.1, 0.15) is 0 Å². The summed E-state index contributed by atoms with van der Waals surface area (Å²) in [5, 5.41) is 57.4. The van der Waals surface area contributed by atoms with Crippen molar-refractivity contribution in [1.29, 1.82) is 0 Å². The number of hydrogen-bond acceptors (Lipinski definition) is 12. The van der Waals surface area contributed by atoms with Crippen molar-refractivity contribution in [2.45, 2.75) is 0 Å². The third kappa shape index (κ3) is 72.0. The maximum Gasteiger partial charge on any atom is 6.00 e. The molecule has 12 nitrogen and oxygen atoms in total. The average Bonchev–Trinajstić information content (AvgIpc) is 2.69. The summed E-state index contributed by atoms with van der Waals surface area (Å²) in [7, 11) is 19.4. The van der Waals surface area contributed by atoms with Gasteiger partial charge < -0.3 is 60.0 Å². The van der Waals surface area contributed by atoms with Gasteiger partial charge in [-0.25, -0.2) is 0 Å². The molecule has 0 aromatic heterocycles. The first-order chi connectivity index (χ1) is 15.9.